The molecule has 1 rings (SSSR count). The molecule has 1 aliphatic heterocycles. The predicted octanol–water partition coefficient (Wildman–Crippen LogP) is -0.194. The summed E-state index contributed by atoms with van der Waals surface area (Å²) in [6.07, 6.45) is -3.61. The molecule has 0 amide bonds. The van der Waals surface area contributed by atoms with Crippen molar-refractivity contribution >= 4 is 10.2 Å². The summed E-state index contributed by atoms with van der Waals surface area (Å²) in [6.45, 7) is -1.22. The van der Waals surface area contributed by atoms with Gasteiger partial charge in [0.15, 0.2) is 0 Å². The summed E-state index contributed by atoms with van der Waals surface area (Å²) in [5, 5.41) is 0. The van der Waals surface area contributed by atoms with Crippen molar-refractivity contribution in [3.05, 3.63) is 0 Å². The highest BCUT2D eigenvalue weighted by Gasteiger charge is 2.32. The molecule has 0 aromatic heterocycles. The molecule has 3 N–H and O–H groups in total. The van der Waals surface area contributed by atoms with Crippen LogP contribution in [0.25, 0.3) is 0 Å². The number of alkyl halides is 3. The van der Waals surface area contributed by atoms with Gasteiger partial charge in [-0.3, -0.25) is 0 Å². The Hall–Kier alpha value is -0.380. The molecule has 0 bridgehead atoms. The van der Waals surface area contributed by atoms with Crippen molar-refractivity contribution in [3.8, 4) is 0 Å². The van der Waals surface area contributed by atoms with E-state index in [1.54, 1.807) is 0 Å². The van der Waals surface area contributed by atoms with Crippen molar-refractivity contribution in [2.24, 2.45) is 5.73 Å². The van der Waals surface area contributed by atoms with E-state index in [0.717, 1.165) is 4.31 Å². The van der Waals surface area contributed by atoms with Gasteiger partial charge in [-0.15, -0.1) is 0 Å². The van der Waals surface area contributed by atoms with Crippen LogP contribution in [0.3, 0.4) is 0 Å². The third-order valence-electron chi connectivity index (χ3n) is 2.29. The van der Waals surface area contributed by atoms with E-state index in [9.17, 15) is 21.6 Å². The minimum absolute atomic E-state index is 0.0749. The number of nitrogens with one attached hydrogen (secondary N) is 1. The fourth-order valence-corrected chi connectivity index (χ4v) is 2.60. The van der Waals surface area contributed by atoms with Gasteiger partial charge in [0, 0.05) is 19.1 Å². The van der Waals surface area contributed by atoms with E-state index < -0.39 is 22.9 Å². The first-order valence-corrected chi connectivity index (χ1v) is 6.22. The molecule has 0 radical (unpaired) electrons. The van der Waals surface area contributed by atoms with Crippen LogP contribution in [0.15, 0.2) is 0 Å². The van der Waals surface area contributed by atoms with E-state index in [0.29, 0.717) is 12.8 Å². The second-order valence-electron chi connectivity index (χ2n) is 3.68. The van der Waals surface area contributed by atoms with Gasteiger partial charge in [-0.05, 0) is 12.8 Å². The molecular formula is C7H14F3N3O2S. The fourth-order valence-electron chi connectivity index (χ4n) is 1.38. The van der Waals surface area contributed by atoms with Gasteiger partial charge >= 0.3 is 6.18 Å². The standard InChI is InChI=1S/C7H14F3N3O2S/c8-7(9,10)5-12-16(14,15)13-3-1-6(11)2-4-13/h6,12H,1-5,11H2. The van der Waals surface area contributed by atoms with Gasteiger partial charge in [-0.1, -0.05) is 0 Å². The van der Waals surface area contributed by atoms with Gasteiger partial charge in [-0.2, -0.15) is 30.6 Å². The molecule has 1 heterocycles. The number of rotatable bonds is 3. The molecule has 96 valence electrons. The van der Waals surface area contributed by atoms with Crippen LogP contribution < -0.4 is 10.5 Å². The Balaban J connectivity index is 2.51. The number of hydrogen-bond donors (Lipinski definition) is 2. The fraction of sp³-hybridized carbons (Fsp3) is 1.00. The maximum atomic E-state index is 11.8. The third kappa shape index (κ3) is 4.24. The zero-order valence-corrected chi connectivity index (χ0v) is 9.31. The zero-order chi connectivity index (χ0) is 12.4. The topological polar surface area (TPSA) is 75.4 Å². The van der Waals surface area contributed by atoms with E-state index >= 15 is 0 Å². The van der Waals surface area contributed by atoms with Crippen LogP contribution in [0.4, 0.5) is 13.2 Å². The molecule has 1 saturated heterocycles. The van der Waals surface area contributed by atoms with Crippen molar-refractivity contribution in [3.63, 3.8) is 0 Å². The Labute approximate surface area is 92.0 Å². The van der Waals surface area contributed by atoms with Gasteiger partial charge in [0.2, 0.25) is 0 Å². The molecule has 0 unspecified atom stereocenters. The van der Waals surface area contributed by atoms with E-state index in [1.807, 2.05) is 0 Å². The van der Waals surface area contributed by atoms with E-state index in [1.165, 1.54) is 4.72 Å². The molecule has 9 heteroatoms. The minimum Gasteiger partial charge on any atom is -0.328 e. The Bertz CT molecular complexity index is 322. The Kier molecular flexibility index (Phi) is 4.16. The Morgan fingerprint density at radius 2 is 1.81 bits per heavy atom. The molecule has 0 saturated carbocycles. The first kappa shape index (κ1) is 13.7. The lowest BCUT2D eigenvalue weighted by molar-refractivity contribution is -0.121. The van der Waals surface area contributed by atoms with Gasteiger partial charge in [0.25, 0.3) is 10.2 Å². The molecule has 1 fully saturated rings. The van der Waals surface area contributed by atoms with E-state index in [2.05, 4.69) is 0 Å². The van der Waals surface area contributed by atoms with Gasteiger partial charge in [-0.25, -0.2) is 0 Å². The average Bonchev–Trinajstić information content (AvgIpc) is 2.15. The summed E-state index contributed by atoms with van der Waals surface area (Å²) >= 11 is 0. The van der Waals surface area contributed by atoms with Crippen LogP contribution in [0.1, 0.15) is 12.8 Å². The van der Waals surface area contributed by atoms with Crippen molar-refractivity contribution in [1.82, 2.24) is 9.03 Å². The minimum atomic E-state index is -4.54. The number of hydrogen-bond acceptors (Lipinski definition) is 3. The normalized spacial score (nSPS) is 21.2. The summed E-state index contributed by atoms with van der Waals surface area (Å²) in [6, 6.07) is -0.0749. The van der Waals surface area contributed by atoms with Gasteiger partial charge in [0.05, 0.1) is 0 Å². The quantitative estimate of drug-likeness (QED) is 0.739. The zero-order valence-electron chi connectivity index (χ0n) is 8.50. The van der Waals surface area contributed by atoms with Crippen molar-refractivity contribution < 1.29 is 21.6 Å². The predicted molar refractivity (Wildman–Crippen MR) is 51.8 cm³/mol. The molecular weight excluding hydrogens is 247 g/mol. The van der Waals surface area contributed by atoms with Crippen LogP contribution >= 0.6 is 0 Å². The van der Waals surface area contributed by atoms with Crippen LogP contribution in [0.2, 0.25) is 0 Å². The maximum Gasteiger partial charge on any atom is 0.402 e. The lowest BCUT2D eigenvalue weighted by Gasteiger charge is -2.29. The highest BCUT2D eigenvalue weighted by atomic mass is 32.2. The molecule has 1 aliphatic rings. The Morgan fingerprint density at radius 1 is 1.31 bits per heavy atom. The van der Waals surface area contributed by atoms with Crippen LogP contribution in [0.5, 0.6) is 0 Å². The Morgan fingerprint density at radius 3 is 2.25 bits per heavy atom. The number of piperidine rings is 1. The van der Waals surface area contributed by atoms with Gasteiger partial charge < -0.3 is 5.73 Å². The summed E-state index contributed by atoms with van der Waals surface area (Å²) in [5.41, 5.74) is 5.56. The molecule has 5 nitrogen and oxygen atoms in total. The molecule has 0 atom stereocenters. The highest BCUT2D eigenvalue weighted by Crippen LogP contribution is 2.15. The first-order valence-electron chi connectivity index (χ1n) is 4.78. The van der Waals surface area contributed by atoms with E-state index in [-0.39, 0.29) is 19.1 Å². The third-order valence-corrected chi connectivity index (χ3v) is 3.85. The molecule has 0 aromatic rings. The average molecular weight is 261 g/mol. The largest absolute Gasteiger partial charge is 0.402 e. The SMILES string of the molecule is NC1CCN(S(=O)(=O)NCC(F)(F)F)CC1. The summed E-state index contributed by atoms with van der Waals surface area (Å²) in [5.74, 6) is 0. The molecule has 0 aromatic carbocycles. The van der Waals surface area contributed by atoms with Crippen LogP contribution in [-0.4, -0.2) is 44.6 Å². The highest BCUT2D eigenvalue weighted by molar-refractivity contribution is 7.87. The number of nitrogens with two attached hydrogens (primary N) is 1. The second kappa shape index (κ2) is 4.86. The second-order valence-corrected chi connectivity index (χ2v) is 5.43. The maximum absolute atomic E-state index is 11.8. The van der Waals surface area contributed by atoms with Crippen molar-refractivity contribution in [1.29, 1.82) is 0 Å². The summed E-state index contributed by atoms with van der Waals surface area (Å²) in [4.78, 5) is 0. The molecule has 16 heavy (non-hydrogen) atoms. The van der Waals surface area contributed by atoms with Crippen molar-refractivity contribution in [2.75, 3.05) is 19.6 Å². The number of halogens is 3. The van der Waals surface area contributed by atoms with Crippen LogP contribution in [0, 0.1) is 0 Å². The summed E-state index contributed by atoms with van der Waals surface area (Å²) < 4.78 is 60.9. The summed E-state index contributed by atoms with van der Waals surface area (Å²) in [7, 11) is -4.03. The molecule has 0 spiro atoms. The van der Waals surface area contributed by atoms with Gasteiger partial charge in [0.1, 0.15) is 6.54 Å². The van der Waals surface area contributed by atoms with Crippen molar-refractivity contribution in [2.45, 2.75) is 25.1 Å². The monoisotopic (exact) mass is 261 g/mol. The molecule has 0 aliphatic carbocycles. The smallest absolute Gasteiger partial charge is 0.328 e. The lowest BCUT2D eigenvalue weighted by Crippen LogP contribution is -2.49. The van der Waals surface area contributed by atoms with E-state index in [4.69, 9.17) is 5.73 Å². The first-order chi connectivity index (χ1) is 7.21. The van der Waals surface area contributed by atoms with Crippen LogP contribution in [-0.2, 0) is 10.2 Å². The lowest BCUT2D eigenvalue weighted by atomic mass is 10.1. The number of nitrogens with zero attached hydrogens (tertiary/aromatic N) is 1.